The Morgan fingerprint density at radius 1 is 1.42 bits per heavy atom. The van der Waals surface area contributed by atoms with Crippen LogP contribution in [0.3, 0.4) is 0 Å². The molecule has 0 saturated carbocycles. The van der Waals surface area contributed by atoms with Crippen LogP contribution in [0.15, 0.2) is 18.2 Å². The van der Waals surface area contributed by atoms with E-state index in [1.54, 1.807) is 12.1 Å². The number of aromatic hydroxyl groups is 1. The molecule has 1 atom stereocenters. The van der Waals surface area contributed by atoms with Gasteiger partial charge in [-0.05, 0) is 50.6 Å². The van der Waals surface area contributed by atoms with Crippen molar-refractivity contribution in [3.05, 3.63) is 23.8 Å². The summed E-state index contributed by atoms with van der Waals surface area (Å²) in [6.45, 7) is 3.95. The third-order valence-corrected chi connectivity index (χ3v) is 3.84. The van der Waals surface area contributed by atoms with Gasteiger partial charge in [-0.25, -0.2) is 0 Å². The van der Waals surface area contributed by atoms with Gasteiger partial charge in [0.25, 0.3) is 0 Å². The molecule has 0 spiro atoms. The molecule has 0 aromatic heterocycles. The van der Waals surface area contributed by atoms with Gasteiger partial charge in [0, 0.05) is 6.42 Å². The summed E-state index contributed by atoms with van der Waals surface area (Å²) in [5.41, 5.74) is 0.518. The number of likely N-dealkylation sites (tertiary alicyclic amines) is 1. The van der Waals surface area contributed by atoms with Crippen molar-refractivity contribution in [2.45, 2.75) is 31.7 Å². The summed E-state index contributed by atoms with van der Waals surface area (Å²) >= 11 is 0. The van der Waals surface area contributed by atoms with E-state index in [0.29, 0.717) is 12.2 Å². The zero-order valence-corrected chi connectivity index (χ0v) is 11.5. The fourth-order valence-corrected chi connectivity index (χ4v) is 2.66. The number of phenolic OH excluding ortho intramolecular Hbond substituents is 1. The van der Waals surface area contributed by atoms with Gasteiger partial charge in [0.2, 0.25) is 0 Å². The number of nitrogens with zero attached hydrogens (tertiary/aromatic N) is 2. The molecule has 1 N–H and O–H groups in total. The van der Waals surface area contributed by atoms with Gasteiger partial charge in [-0.3, -0.25) is 4.90 Å². The smallest absolute Gasteiger partial charge is 0.160 e. The highest BCUT2D eigenvalue weighted by Gasteiger charge is 2.34. The molecule has 1 aliphatic heterocycles. The molecule has 4 heteroatoms. The van der Waals surface area contributed by atoms with E-state index in [2.05, 4.69) is 11.0 Å². The molecule has 1 heterocycles. The second-order valence-corrected chi connectivity index (χ2v) is 5.26. The van der Waals surface area contributed by atoms with Crippen molar-refractivity contribution in [1.82, 2.24) is 4.90 Å². The molecule has 0 bridgehead atoms. The van der Waals surface area contributed by atoms with Crippen LogP contribution in [0.25, 0.3) is 0 Å². The summed E-state index contributed by atoms with van der Waals surface area (Å²) in [4.78, 5) is 2.24. The second kappa shape index (κ2) is 5.50. The molecule has 1 saturated heterocycles. The third-order valence-electron chi connectivity index (χ3n) is 3.84. The Hall–Kier alpha value is -1.73. The second-order valence-electron chi connectivity index (χ2n) is 5.26. The van der Waals surface area contributed by atoms with E-state index in [1.807, 2.05) is 13.0 Å². The first-order valence-corrected chi connectivity index (χ1v) is 6.61. The van der Waals surface area contributed by atoms with Crippen LogP contribution in [-0.2, 0) is 6.42 Å². The topological polar surface area (TPSA) is 56.5 Å². The Balaban J connectivity index is 2.20. The molecule has 1 aliphatic rings. The van der Waals surface area contributed by atoms with E-state index in [1.165, 1.54) is 7.11 Å². The maximum atomic E-state index is 9.60. The maximum Gasteiger partial charge on any atom is 0.160 e. The average Bonchev–Trinajstić information content (AvgIpc) is 2.95. The minimum atomic E-state index is -0.488. The van der Waals surface area contributed by atoms with Crippen LogP contribution in [0.1, 0.15) is 25.3 Å². The van der Waals surface area contributed by atoms with Crippen molar-refractivity contribution in [3.8, 4) is 17.6 Å². The van der Waals surface area contributed by atoms with Crippen molar-refractivity contribution in [2.75, 3.05) is 20.2 Å². The van der Waals surface area contributed by atoms with Gasteiger partial charge in [-0.1, -0.05) is 6.07 Å². The molecular formula is C15H20N2O2. The van der Waals surface area contributed by atoms with Crippen molar-refractivity contribution < 1.29 is 9.84 Å². The number of hydrogen-bond donors (Lipinski definition) is 1. The average molecular weight is 260 g/mol. The molecule has 0 aliphatic carbocycles. The fourth-order valence-electron chi connectivity index (χ4n) is 2.66. The minimum absolute atomic E-state index is 0.131. The van der Waals surface area contributed by atoms with Gasteiger partial charge >= 0.3 is 0 Å². The summed E-state index contributed by atoms with van der Waals surface area (Å²) < 4.78 is 5.11. The lowest BCUT2D eigenvalue weighted by atomic mass is 9.92. The number of nitriles is 1. The van der Waals surface area contributed by atoms with E-state index >= 15 is 0 Å². The van der Waals surface area contributed by atoms with Crippen molar-refractivity contribution in [2.24, 2.45) is 0 Å². The first-order valence-electron chi connectivity index (χ1n) is 6.61. The van der Waals surface area contributed by atoms with Crippen molar-refractivity contribution in [1.29, 1.82) is 5.26 Å². The highest BCUT2D eigenvalue weighted by molar-refractivity contribution is 5.42. The summed E-state index contributed by atoms with van der Waals surface area (Å²) in [5.74, 6) is 0.588. The van der Waals surface area contributed by atoms with E-state index < -0.39 is 5.54 Å². The first kappa shape index (κ1) is 13.7. The van der Waals surface area contributed by atoms with Gasteiger partial charge in [-0.15, -0.1) is 0 Å². The lowest BCUT2D eigenvalue weighted by molar-refractivity contribution is 0.191. The number of benzene rings is 1. The van der Waals surface area contributed by atoms with Crippen LogP contribution in [0.2, 0.25) is 0 Å². The molecule has 1 fully saturated rings. The first-order chi connectivity index (χ1) is 9.09. The van der Waals surface area contributed by atoms with Crippen LogP contribution < -0.4 is 4.74 Å². The number of methoxy groups -OCH3 is 1. The molecule has 1 aromatic rings. The van der Waals surface area contributed by atoms with Crippen LogP contribution in [-0.4, -0.2) is 35.7 Å². The molecule has 1 aromatic carbocycles. The monoisotopic (exact) mass is 260 g/mol. The predicted octanol–water partition coefficient (Wildman–Crippen LogP) is 2.32. The van der Waals surface area contributed by atoms with Gasteiger partial charge in [0.1, 0.15) is 5.54 Å². The van der Waals surface area contributed by atoms with Crippen molar-refractivity contribution >= 4 is 0 Å². The lowest BCUT2D eigenvalue weighted by Gasteiger charge is -2.32. The molecule has 0 radical (unpaired) electrons. The van der Waals surface area contributed by atoms with E-state index in [4.69, 9.17) is 4.74 Å². The summed E-state index contributed by atoms with van der Waals surface area (Å²) in [6, 6.07) is 7.72. The Morgan fingerprint density at radius 3 is 2.68 bits per heavy atom. The SMILES string of the molecule is COc1cc(CC(C)(C#N)N2CCCC2)ccc1O. The summed E-state index contributed by atoms with van der Waals surface area (Å²) in [5, 5.41) is 19.1. The zero-order chi connectivity index (χ0) is 13.9. The summed E-state index contributed by atoms with van der Waals surface area (Å²) in [7, 11) is 1.53. The maximum absolute atomic E-state index is 9.60. The van der Waals surface area contributed by atoms with Gasteiger partial charge in [0.15, 0.2) is 11.5 Å². The largest absolute Gasteiger partial charge is 0.504 e. The number of phenols is 1. The van der Waals surface area contributed by atoms with Crippen LogP contribution >= 0.6 is 0 Å². The molecule has 0 amide bonds. The predicted molar refractivity (Wildman–Crippen MR) is 73.2 cm³/mol. The highest BCUT2D eigenvalue weighted by atomic mass is 16.5. The standard InChI is InChI=1S/C15H20N2O2/c1-15(11-16,17-7-3-4-8-17)10-12-5-6-13(18)14(9-12)19-2/h5-6,9,18H,3-4,7-8,10H2,1-2H3. The molecule has 2 rings (SSSR count). The summed E-state index contributed by atoms with van der Waals surface area (Å²) in [6.07, 6.45) is 2.96. The Morgan fingerprint density at radius 2 is 2.11 bits per heavy atom. The molecular weight excluding hydrogens is 240 g/mol. The van der Waals surface area contributed by atoms with E-state index in [9.17, 15) is 10.4 Å². The quantitative estimate of drug-likeness (QED) is 0.902. The fraction of sp³-hybridized carbons (Fsp3) is 0.533. The number of ether oxygens (including phenoxy) is 1. The molecule has 4 nitrogen and oxygen atoms in total. The van der Waals surface area contributed by atoms with Crippen LogP contribution in [0, 0.1) is 11.3 Å². The minimum Gasteiger partial charge on any atom is -0.504 e. The van der Waals surface area contributed by atoms with Crippen LogP contribution in [0.4, 0.5) is 0 Å². The number of rotatable bonds is 4. The normalized spacial score (nSPS) is 18.8. The van der Waals surface area contributed by atoms with Gasteiger partial charge in [0.05, 0.1) is 13.2 Å². The van der Waals surface area contributed by atoms with Gasteiger partial charge in [-0.2, -0.15) is 5.26 Å². The van der Waals surface area contributed by atoms with Gasteiger partial charge < -0.3 is 9.84 Å². The zero-order valence-electron chi connectivity index (χ0n) is 11.5. The Labute approximate surface area is 114 Å². The molecule has 102 valence electrons. The Bertz CT molecular complexity index is 489. The Kier molecular flexibility index (Phi) is 3.96. The lowest BCUT2D eigenvalue weighted by Crippen LogP contribution is -2.45. The van der Waals surface area contributed by atoms with E-state index in [0.717, 1.165) is 31.5 Å². The third kappa shape index (κ3) is 2.82. The molecule has 19 heavy (non-hydrogen) atoms. The van der Waals surface area contributed by atoms with Crippen molar-refractivity contribution in [3.63, 3.8) is 0 Å². The van der Waals surface area contributed by atoms with Crippen LogP contribution in [0.5, 0.6) is 11.5 Å². The molecule has 1 unspecified atom stereocenters. The van der Waals surface area contributed by atoms with E-state index in [-0.39, 0.29) is 5.75 Å². The highest BCUT2D eigenvalue weighted by Crippen LogP contribution is 2.30. The number of hydrogen-bond acceptors (Lipinski definition) is 4.